The SMILES string of the molecule is COC(=O)c1ncc(F)c(OC(F)(F)F)c1C(F)(F)F. The van der Waals surface area contributed by atoms with Crippen molar-refractivity contribution in [3.05, 3.63) is 23.3 Å². The van der Waals surface area contributed by atoms with Gasteiger partial charge in [-0.2, -0.15) is 13.2 Å². The zero-order chi connectivity index (χ0) is 15.7. The third-order valence-electron chi connectivity index (χ3n) is 1.87. The van der Waals surface area contributed by atoms with Gasteiger partial charge in [0.1, 0.15) is 5.56 Å². The number of methoxy groups -OCH3 is 1. The predicted octanol–water partition coefficient (Wildman–Crippen LogP) is 2.92. The van der Waals surface area contributed by atoms with Crippen LogP contribution in [0.1, 0.15) is 16.1 Å². The molecule has 0 N–H and O–H groups in total. The summed E-state index contributed by atoms with van der Waals surface area (Å²) >= 11 is 0. The molecule has 1 rings (SSSR count). The van der Waals surface area contributed by atoms with Gasteiger partial charge in [0.2, 0.25) is 0 Å². The van der Waals surface area contributed by atoms with Crippen LogP contribution in [0.2, 0.25) is 0 Å². The molecule has 0 aliphatic heterocycles. The minimum absolute atomic E-state index is 0.0113. The molecule has 0 spiro atoms. The van der Waals surface area contributed by atoms with E-state index in [1.165, 1.54) is 0 Å². The molecule has 1 heterocycles. The van der Waals surface area contributed by atoms with Crippen molar-refractivity contribution in [1.82, 2.24) is 4.98 Å². The first-order valence-corrected chi connectivity index (χ1v) is 4.57. The smallest absolute Gasteiger partial charge is 0.464 e. The number of carbonyl (C=O) groups excluding carboxylic acids is 1. The molecule has 0 saturated carbocycles. The van der Waals surface area contributed by atoms with E-state index < -0.39 is 41.3 Å². The zero-order valence-corrected chi connectivity index (χ0v) is 9.40. The highest BCUT2D eigenvalue weighted by Crippen LogP contribution is 2.41. The molecule has 0 atom stereocenters. The van der Waals surface area contributed by atoms with Gasteiger partial charge < -0.3 is 9.47 Å². The molecule has 0 bridgehead atoms. The van der Waals surface area contributed by atoms with Crippen molar-refractivity contribution in [3.63, 3.8) is 0 Å². The molecule has 11 heteroatoms. The Morgan fingerprint density at radius 3 is 2.15 bits per heavy atom. The summed E-state index contributed by atoms with van der Waals surface area (Å²) in [7, 11) is 0.678. The van der Waals surface area contributed by atoms with Gasteiger partial charge >= 0.3 is 18.5 Å². The molecule has 1 aromatic rings. The summed E-state index contributed by atoms with van der Waals surface area (Å²) in [5.41, 5.74) is -3.85. The maximum absolute atomic E-state index is 13.1. The predicted molar refractivity (Wildman–Crippen MR) is 47.2 cm³/mol. The molecule has 0 amide bonds. The zero-order valence-electron chi connectivity index (χ0n) is 9.40. The fraction of sp³-hybridized carbons (Fsp3) is 0.333. The number of alkyl halides is 6. The van der Waals surface area contributed by atoms with E-state index in [2.05, 4.69) is 14.5 Å². The van der Waals surface area contributed by atoms with Crippen LogP contribution in [-0.4, -0.2) is 24.4 Å². The van der Waals surface area contributed by atoms with Gasteiger partial charge in [-0.15, -0.1) is 13.2 Å². The van der Waals surface area contributed by atoms with Gasteiger partial charge in [-0.3, -0.25) is 0 Å². The molecule has 1 aromatic heterocycles. The highest BCUT2D eigenvalue weighted by Gasteiger charge is 2.45. The summed E-state index contributed by atoms with van der Waals surface area (Å²) in [6.45, 7) is 0. The topological polar surface area (TPSA) is 48.4 Å². The average Bonchev–Trinajstić information content (AvgIpc) is 2.27. The number of halogens is 7. The highest BCUT2D eigenvalue weighted by atomic mass is 19.4. The molecule has 0 aliphatic rings. The summed E-state index contributed by atoms with van der Waals surface area (Å²) in [4.78, 5) is 13.9. The number of pyridine rings is 1. The van der Waals surface area contributed by atoms with Crippen molar-refractivity contribution in [3.8, 4) is 5.75 Å². The Morgan fingerprint density at radius 1 is 1.20 bits per heavy atom. The van der Waals surface area contributed by atoms with Crippen LogP contribution in [0.3, 0.4) is 0 Å². The van der Waals surface area contributed by atoms with Crippen LogP contribution in [0.5, 0.6) is 5.75 Å². The largest absolute Gasteiger partial charge is 0.573 e. The first-order chi connectivity index (χ1) is 8.97. The van der Waals surface area contributed by atoms with Crippen LogP contribution in [0, 0.1) is 5.82 Å². The van der Waals surface area contributed by atoms with Crippen molar-refractivity contribution >= 4 is 5.97 Å². The van der Waals surface area contributed by atoms with Gasteiger partial charge in [0.25, 0.3) is 0 Å². The van der Waals surface area contributed by atoms with Gasteiger partial charge in [-0.25, -0.2) is 14.2 Å². The highest BCUT2D eigenvalue weighted by molar-refractivity contribution is 5.89. The number of carbonyl (C=O) groups is 1. The number of hydrogen-bond donors (Lipinski definition) is 0. The molecular weight excluding hydrogens is 303 g/mol. The number of hydrogen-bond acceptors (Lipinski definition) is 4. The number of ether oxygens (including phenoxy) is 2. The van der Waals surface area contributed by atoms with Crippen LogP contribution in [0.4, 0.5) is 30.7 Å². The lowest BCUT2D eigenvalue weighted by atomic mass is 10.1. The Morgan fingerprint density at radius 2 is 1.75 bits per heavy atom. The van der Waals surface area contributed by atoms with Crippen LogP contribution in [0.25, 0.3) is 0 Å². The standard InChI is InChI=1S/C9H4F7NO3/c1-19-7(18)5-4(8(11,12)13)6(3(10)2-17-5)20-9(14,15)16/h2H,1H3. The average molecular weight is 307 g/mol. The number of nitrogens with zero attached hydrogens (tertiary/aromatic N) is 1. The first kappa shape index (κ1) is 16.0. The van der Waals surface area contributed by atoms with E-state index in [0.717, 1.165) is 0 Å². The van der Waals surface area contributed by atoms with Crippen molar-refractivity contribution in [2.75, 3.05) is 7.11 Å². The van der Waals surface area contributed by atoms with Crippen LogP contribution < -0.4 is 4.74 Å². The number of esters is 1. The van der Waals surface area contributed by atoms with Crippen molar-refractivity contribution in [2.45, 2.75) is 12.5 Å². The third-order valence-corrected chi connectivity index (χ3v) is 1.87. The molecule has 0 unspecified atom stereocenters. The van der Waals surface area contributed by atoms with E-state index >= 15 is 0 Å². The second kappa shape index (κ2) is 5.13. The van der Waals surface area contributed by atoms with E-state index in [9.17, 15) is 35.5 Å². The van der Waals surface area contributed by atoms with E-state index in [4.69, 9.17) is 0 Å². The lowest BCUT2D eigenvalue weighted by Gasteiger charge is -2.17. The summed E-state index contributed by atoms with van der Waals surface area (Å²) in [5.74, 6) is -5.91. The summed E-state index contributed by atoms with van der Waals surface area (Å²) in [6, 6.07) is 0. The molecule has 0 saturated heterocycles. The molecule has 0 aromatic carbocycles. The molecule has 4 nitrogen and oxygen atoms in total. The number of rotatable bonds is 2. The molecule has 0 radical (unpaired) electrons. The van der Waals surface area contributed by atoms with E-state index in [1.807, 2.05) is 0 Å². The molecule has 0 aliphatic carbocycles. The lowest BCUT2D eigenvalue weighted by Crippen LogP contribution is -2.24. The monoisotopic (exact) mass is 307 g/mol. The van der Waals surface area contributed by atoms with Crippen LogP contribution in [-0.2, 0) is 10.9 Å². The summed E-state index contributed by atoms with van der Waals surface area (Å²) in [6.07, 6.45) is -11.1. The van der Waals surface area contributed by atoms with Gasteiger partial charge in [0.15, 0.2) is 17.3 Å². The van der Waals surface area contributed by atoms with Gasteiger partial charge in [-0.1, -0.05) is 0 Å². The molecule has 20 heavy (non-hydrogen) atoms. The lowest BCUT2D eigenvalue weighted by molar-refractivity contribution is -0.277. The summed E-state index contributed by atoms with van der Waals surface area (Å²) < 4.78 is 94.2. The summed E-state index contributed by atoms with van der Waals surface area (Å²) in [5, 5.41) is 0. The maximum Gasteiger partial charge on any atom is 0.573 e. The van der Waals surface area contributed by atoms with Crippen LogP contribution >= 0.6 is 0 Å². The fourth-order valence-corrected chi connectivity index (χ4v) is 1.20. The second-order valence-electron chi connectivity index (χ2n) is 3.20. The van der Waals surface area contributed by atoms with Gasteiger partial charge in [0.05, 0.1) is 13.3 Å². The van der Waals surface area contributed by atoms with Gasteiger partial charge in [-0.05, 0) is 0 Å². The Labute approximate surface area is 106 Å². The Bertz CT molecular complexity index is 523. The van der Waals surface area contributed by atoms with Crippen molar-refractivity contribution in [2.24, 2.45) is 0 Å². The van der Waals surface area contributed by atoms with Crippen LogP contribution in [0.15, 0.2) is 6.20 Å². The number of aromatic nitrogens is 1. The minimum Gasteiger partial charge on any atom is -0.464 e. The Kier molecular flexibility index (Phi) is 4.10. The molecule has 112 valence electrons. The van der Waals surface area contributed by atoms with Gasteiger partial charge in [0, 0.05) is 0 Å². The van der Waals surface area contributed by atoms with Crippen molar-refractivity contribution in [1.29, 1.82) is 0 Å². The Balaban J connectivity index is 3.59. The normalized spacial score (nSPS) is 12.2. The maximum atomic E-state index is 13.1. The Hall–Kier alpha value is -2.07. The first-order valence-electron chi connectivity index (χ1n) is 4.57. The molecular formula is C9H4F7NO3. The van der Waals surface area contributed by atoms with Crippen molar-refractivity contribution < 1.29 is 45.0 Å². The second-order valence-corrected chi connectivity index (χ2v) is 3.20. The fourth-order valence-electron chi connectivity index (χ4n) is 1.20. The quantitative estimate of drug-likeness (QED) is 0.622. The third kappa shape index (κ3) is 3.48. The van der Waals surface area contributed by atoms with E-state index in [-0.39, 0.29) is 6.20 Å². The minimum atomic E-state index is -5.59. The molecule has 0 fully saturated rings. The van der Waals surface area contributed by atoms with E-state index in [1.54, 1.807) is 0 Å². The van der Waals surface area contributed by atoms with E-state index in [0.29, 0.717) is 7.11 Å².